The maximum atomic E-state index is 13.0. The van der Waals surface area contributed by atoms with Gasteiger partial charge in [0.25, 0.3) is 0 Å². The van der Waals surface area contributed by atoms with Gasteiger partial charge in [-0.1, -0.05) is 6.07 Å². The van der Waals surface area contributed by atoms with Gasteiger partial charge in [-0.05, 0) is 23.8 Å². The lowest BCUT2D eigenvalue weighted by atomic mass is 10.2. The highest BCUT2D eigenvalue weighted by Crippen LogP contribution is 2.28. The molecule has 1 heterocycles. The molecule has 28 heavy (non-hydrogen) atoms. The minimum absolute atomic E-state index is 0.0326. The van der Waals surface area contributed by atoms with Gasteiger partial charge in [0.1, 0.15) is 10.6 Å². The van der Waals surface area contributed by atoms with Crippen LogP contribution in [-0.4, -0.2) is 83.5 Å². The van der Waals surface area contributed by atoms with E-state index < -0.39 is 10.0 Å². The highest BCUT2D eigenvalue weighted by Gasteiger charge is 2.29. The van der Waals surface area contributed by atoms with Crippen molar-refractivity contribution in [2.75, 3.05) is 54.1 Å². The van der Waals surface area contributed by atoms with Crippen LogP contribution in [0.2, 0.25) is 0 Å². The average Bonchev–Trinajstić information content (AvgIpc) is 2.72. The fourth-order valence-corrected chi connectivity index (χ4v) is 4.19. The summed E-state index contributed by atoms with van der Waals surface area (Å²) in [4.78, 5) is 24.8. The van der Waals surface area contributed by atoms with Crippen molar-refractivity contribution in [3.8, 4) is 5.75 Å². The van der Waals surface area contributed by atoms with Crippen molar-refractivity contribution < 1.29 is 27.5 Å². The third-order valence-electron chi connectivity index (χ3n) is 4.23. The van der Waals surface area contributed by atoms with Crippen LogP contribution >= 0.6 is 0 Å². The van der Waals surface area contributed by atoms with Crippen molar-refractivity contribution in [3.63, 3.8) is 0 Å². The number of hydrogen-bond acceptors (Lipinski definition) is 6. The van der Waals surface area contributed by atoms with Crippen LogP contribution in [0.3, 0.4) is 0 Å². The third kappa shape index (κ3) is 5.31. The Morgan fingerprint density at radius 3 is 2.61 bits per heavy atom. The van der Waals surface area contributed by atoms with Gasteiger partial charge in [-0.15, -0.1) is 0 Å². The standard InChI is InChI=1S/C18H25N3O6S/c1-19-17(22)13-20(2)18(23)7-5-14-4-6-15(26-3)16(12-14)28(24,25)21-8-10-27-11-9-21/h4-7,12H,8-11,13H2,1-3H3,(H,19,22)/b7-5+. The normalized spacial score (nSPS) is 15.4. The molecule has 1 aromatic rings. The van der Waals surface area contributed by atoms with Gasteiger partial charge in [-0.3, -0.25) is 9.59 Å². The molecule has 1 fully saturated rings. The number of likely N-dealkylation sites (N-methyl/N-ethyl adjacent to an activating group) is 2. The largest absolute Gasteiger partial charge is 0.495 e. The molecule has 1 aliphatic heterocycles. The molecule has 0 atom stereocenters. The van der Waals surface area contributed by atoms with Gasteiger partial charge in [0.05, 0.1) is 26.9 Å². The van der Waals surface area contributed by atoms with Gasteiger partial charge >= 0.3 is 0 Å². The molecule has 0 bridgehead atoms. The van der Waals surface area contributed by atoms with Gasteiger partial charge in [-0.25, -0.2) is 8.42 Å². The molecule has 1 saturated heterocycles. The predicted octanol–water partition coefficient (Wildman–Crippen LogP) is -0.0663. The number of morpholine rings is 1. The van der Waals surface area contributed by atoms with E-state index in [0.29, 0.717) is 18.8 Å². The highest BCUT2D eigenvalue weighted by atomic mass is 32.2. The molecule has 9 nitrogen and oxygen atoms in total. The van der Waals surface area contributed by atoms with Crippen LogP contribution < -0.4 is 10.1 Å². The summed E-state index contributed by atoms with van der Waals surface area (Å²) in [5, 5.41) is 2.44. The number of sulfonamides is 1. The van der Waals surface area contributed by atoms with Crippen molar-refractivity contribution in [2.24, 2.45) is 0 Å². The van der Waals surface area contributed by atoms with Crippen LogP contribution in [0.4, 0.5) is 0 Å². The smallest absolute Gasteiger partial charge is 0.246 e. The SMILES string of the molecule is CNC(=O)CN(C)C(=O)/C=C/c1ccc(OC)c(S(=O)(=O)N2CCOCC2)c1. The second-order valence-corrected chi connectivity index (χ2v) is 8.03. The Labute approximate surface area is 164 Å². The second-order valence-electron chi connectivity index (χ2n) is 6.13. The first-order valence-electron chi connectivity index (χ1n) is 8.69. The molecule has 0 unspecified atom stereocenters. The zero-order valence-electron chi connectivity index (χ0n) is 16.2. The molecule has 2 amide bonds. The molecule has 10 heteroatoms. The summed E-state index contributed by atoms with van der Waals surface area (Å²) >= 11 is 0. The average molecular weight is 411 g/mol. The number of amides is 2. The van der Waals surface area contributed by atoms with Crippen LogP contribution in [0.15, 0.2) is 29.2 Å². The topological polar surface area (TPSA) is 105 Å². The maximum absolute atomic E-state index is 13.0. The Balaban J connectivity index is 2.24. The molecule has 154 valence electrons. The van der Waals surface area contributed by atoms with Crippen molar-refractivity contribution in [3.05, 3.63) is 29.8 Å². The lowest BCUT2D eigenvalue weighted by Crippen LogP contribution is -2.40. The van der Waals surface area contributed by atoms with Crippen LogP contribution in [0.5, 0.6) is 5.75 Å². The van der Waals surface area contributed by atoms with E-state index in [4.69, 9.17) is 9.47 Å². The molecular formula is C18H25N3O6S. The monoisotopic (exact) mass is 411 g/mol. The van der Waals surface area contributed by atoms with Crippen LogP contribution in [-0.2, 0) is 24.3 Å². The molecule has 1 aromatic carbocycles. The summed E-state index contributed by atoms with van der Waals surface area (Å²) in [5.41, 5.74) is 0.523. The van der Waals surface area contributed by atoms with E-state index in [0.717, 1.165) is 0 Å². The molecule has 0 aliphatic carbocycles. The Hall–Kier alpha value is -2.43. The van der Waals surface area contributed by atoms with E-state index in [1.165, 1.54) is 48.6 Å². The Bertz CT molecular complexity index is 847. The molecule has 0 saturated carbocycles. The number of nitrogens with zero attached hydrogens (tertiary/aromatic N) is 2. The fourth-order valence-electron chi connectivity index (χ4n) is 2.59. The second kappa shape index (κ2) is 9.67. The van der Waals surface area contributed by atoms with Crippen molar-refractivity contribution in [1.82, 2.24) is 14.5 Å². The van der Waals surface area contributed by atoms with E-state index in [9.17, 15) is 18.0 Å². The molecule has 0 radical (unpaired) electrons. The van der Waals surface area contributed by atoms with Gasteiger partial charge in [-0.2, -0.15) is 4.31 Å². The quantitative estimate of drug-likeness (QED) is 0.630. The lowest BCUT2D eigenvalue weighted by Gasteiger charge is -2.26. The van der Waals surface area contributed by atoms with Gasteiger partial charge < -0.3 is 19.7 Å². The number of carbonyl (C=O) groups is 2. The molecular weight excluding hydrogens is 386 g/mol. The number of carbonyl (C=O) groups excluding carboxylic acids is 2. The van der Waals surface area contributed by atoms with Crippen LogP contribution in [0.1, 0.15) is 5.56 Å². The van der Waals surface area contributed by atoms with Crippen LogP contribution in [0, 0.1) is 0 Å². The van der Waals surface area contributed by atoms with E-state index in [-0.39, 0.29) is 42.1 Å². The number of ether oxygens (including phenoxy) is 2. The van der Waals surface area contributed by atoms with Gasteiger partial charge in [0.15, 0.2) is 0 Å². The highest BCUT2D eigenvalue weighted by molar-refractivity contribution is 7.89. The Morgan fingerprint density at radius 2 is 2.00 bits per heavy atom. The zero-order chi connectivity index (χ0) is 20.7. The fraction of sp³-hybridized carbons (Fsp3) is 0.444. The molecule has 0 aromatic heterocycles. The third-order valence-corrected chi connectivity index (χ3v) is 6.15. The first kappa shape index (κ1) is 21.9. The van der Waals surface area contributed by atoms with Crippen molar-refractivity contribution >= 4 is 27.9 Å². The first-order chi connectivity index (χ1) is 13.3. The minimum Gasteiger partial charge on any atom is -0.495 e. The van der Waals surface area contributed by atoms with Crippen LogP contribution in [0.25, 0.3) is 6.08 Å². The summed E-state index contributed by atoms with van der Waals surface area (Å²) in [6.45, 7) is 1.15. The lowest BCUT2D eigenvalue weighted by molar-refractivity contribution is -0.130. The predicted molar refractivity (Wildman–Crippen MR) is 103 cm³/mol. The van der Waals surface area contributed by atoms with Gasteiger partial charge in [0.2, 0.25) is 21.8 Å². The Morgan fingerprint density at radius 1 is 1.32 bits per heavy atom. The summed E-state index contributed by atoms with van der Waals surface area (Å²) in [6.07, 6.45) is 2.79. The van der Waals surface area contributed by atoms with Gasteiger partial charge in [0, 0.05) is 33.3 Å². The number of rotatable bonds is 7. The maximum Gasteiger partial charge on any atom is 0.246 e. The minimum atomic E-state index is -3.76. The molecule has 1 aliphatic rings. The molecule has 1 N–H and O–H groups in total. The Kier molecular flexibility index (Phi) is 7.55. The van der Waals surface area contributed by atoms with E-state index in [2.05, 4.69) is 5.32 Å². The van der Waals surface area contributed by atoms with Crippen molar-refractivity contribution in [1.29, 1.82) is 0 Å². The number of methoxy groups -OCH3 is 1. The zero-order valence-corrected chi connectivity index (χ0v) is 17.0. The van der Waals surface area contributed by atoms with Crippen molar-refractivity contribution in [2.45, 2.75) is 4.90 Å². The number of benzene rings is 1. The summed E-state index contributed by atoms with van der Waals surface area (Å²) in [5.74, 6) is -0.434. The summed E-state index contributed by atoms with van der Waals surface area (Å²) in [7, 11) is 0.642. The first-order valence-corrected chi connectivity index (χ1v) is 10.1. The van der Waals surface area contributed by atoms with E-state index in [1.54, 1.807) is 12.1 Å². The number of hydrogen-bond donors (Lipinski definition) is 1. The summed E-state index contributed by atoms with van der Waals surface area (Å²) in [6, 6.07) is 4.66. The molecule has 2 rings (SSSR count). The summed E-state index contributed by atoms with van der Waals surface area (Å²) < 4.78 is 37.7. The van der Waals surface area contributed by atoms with E-state index >= 15 is 0 Å². The number of nitrogens with one attached hydrogen (secondary N) is 1. The van der Waals surface area contributed by atoms with E-state index in [1.807, 2.05) is 0 Å². The molecule has 0 spiro atoms.